The van der Waals surface area contributed by atoms with Gasteiger partial charge in [0.05, 0.1) is 16.5 Å². The van der Waals surface area contributed by atoms with E-state index in [0.717, 1.165) is 38.2 Å². The summed E-state index contributed by atoms with van der Waals surface area (Å²) in [5.74, 6) is 0.0807. The summed E-state index contributed by atoms with van der Waals surface area (Å²) in [6, 6.07) is 11.6. The Kier molecular flexibility index (Phi) is 7.37. The summed E-state index contributed by atoms with van der Waals surface area (Å²) in [7, 11) is 0. The van der Waals surface area contributed by atoms with Crippen LogP contribution in [0.25, 0.3) is 10.9 Å². The van der Waals surface area contributed by atoms with Crippen LogP contribution in [0.3, 0.4) is 0 Å². The summed E-state index contributed by atoms with van der Waals surface area (Å²) in [4.78, 5) is 44.6. The van der Waals surface area contributed by atoms with Crippen LogP contribution in [0.5, 0.6) is 0 Å². The monoisotopic (exact) mass is 462 g/mol. The Bertz CT molecular complexity index is 1250. The second kappa shape index (κ2) is 10.6. The molecule has 1 aliphatic rings. The fourth-order valence-corrected chi connectivity index (χ4v) is 4.17. The molecule has 1 aromatic heterocycles. The summed E-state index contributed by atoms with van der Waals surface area (Å²) in [5, 5.41) is 3.35. The smallest absolute Gasteiger partial charge is 0.338 e. The van der Waals surface area contributed by atoms with Gasteiger partial charge in [0, 0.05) is 30.8 Å². The standard InChI is InChI=1S/C26H30N4O4/c1-3-29(4-2)15-16-34-26(33)18-8-11-20(12-9-18)27-24(31)19-10-13-21-22(17-19)28-23-7-5-6-14-30(23)25(21)32/h8-13,17H,3-7,14-16H2,1-2H3,(H,27,31). The average Bonchev–Trinajstić information content (AvgIpc) is 2.87. The first-order valence-corrected chi connectivity index (χ1v) is 11.8. The van der Waals surface area contributed by atoms with E-state index in [9.17, 15) is 14.4 Å². The fraction of sp³-hybridized carbons (Fsp3) is 0.385. The number of fused-ring (bicyclic) bond motifs is 2. The van der Waals surface area contributed by atoms with Crippen molar-refractivity contribution >= 4 is 28.5 Å². The quantitative estimate of drug-likeness (QED) is 0.515. The molecule has 1 amide bonds. The number of hydrogen-bond donors (Lipinski definition) is 1. The second-order valence-corrected chi connectivity index (χ2v) is 8.37. The van der Waals surface area contributed by atoms with Crippen molar-refractivity contribution < 1.29 is 14.3 Å². The largest absolute Gasteiger partial charge is 0.461 e. The number of amides is 1. The number of benzene rings is 2. The number of esters is 1. The van der Waals surface area contributed by atoms with E-state index in [1.54, 1.807) is 47.0 Å². The molecule has 2 aromatic carbocycles. The van der Waals surface area contributed by atoms with Crippen LogP contribution in [-0.2, 0) is 17.7 Å². The zero-order chi connectivity index (χ0) is 24.1. The van der Waals surface area contributed by atoms with E-state index in [-0.39, 0.29) is 17.4 Å². The summed E-state index contributed by atoms with van der Waals surface area (Å²) < 4.78 is 7.08. The molecule has 0 bridgehead atoms. The number of nitrogens with zero attached hydrogens (tertiary/aromatic N) is 3. The lowest BCUT2D eigenvalue weighted by Gasteiger charge is -2.18. The molecule has 0 unspecified atom stereocenters. The van der Waals surface area contributed by atoms with Gasteiger partial charge < -0.3 is 15.0 Å². The van der Waals surface area contributed by atoms with Crippen LogP contribution in [0.15, 0.2) is 47.3 Å². The molecule has 1 N–H and O–H groups in total. The molecule has 3 aromatic rings. The van der Waals surface area contributed by atoms with Crippen molar-refractivity contribution in [2.75, 3.05) is 31.6 Å². The normalized spacial score (nSPS) is 13.0. The zero-order valence-electron chi connectivity index (χ0n) is 19.7. The number of rotatable bonds is 8. The van der Waals surface area contributed by atoms with E-state index >= 15 is 0 Å². The van der Waals surface area contributed by atoms with Gasteiger partial charge in [-0.15, -0.1) is 0 Å². The van der Waals surface area contributed by atoms with Crippen LogP contribution in [0.2, 0.25) is 0 Å². The number of carbonyl (C=O) groups is 2. The van der Waals surface area contributed by atoms with Gasteiger partial charge in [0.1, 0.15) is 12.4 Å². The number of ether oxygens (including phenoxy) is 1. The highest BCUT2D eigenvalue weighted by Crippen LogP contribution is 2.18. The number of hydrogen-bond acceptors (Lipinski definition) is 6. The van der Waals surface area contributed by atoms with E-state index in [1.165, 1.54) is 0 Å². The average molecular weight is 463 g/mol. The second-order valence-electron chi connectivity index (χ2n) is 8.37. The first-order chi connectivity index (χ1) is 16.5. The molecule has 1 aliphatic heterocycles. The third kappa shape index (κ3) is 5.17. The molecule has 0 saturated carbocycles. The van der Waals surface area contributed by atoms with E-state index in [1.807, 2.05) is 0 Å². The maximum Gasteiger partial charge on any atom is 0.338 e. The first kappa shape index (κ1) is 23.6. The van der Waals surface area contributed by atoms with Gasteiger partial charge in [-0.1, -0.05) is 13.8 Å². The Morgan fingerprint density at radius 1 is 1.06 bits per heavy atom. The van der Waals surface area contributed by atoms with Gasteiger partial charge in [-0.25, -0.2) is 9.78 Å². The SMILES string of the molecule is CCN(CC)CCOC(=O)c1ccc(NC(=O)c2ccc3c(=O)n4c(nc3c2)CCCC4)cc1. The highest BCUT2D eigenvalue weighted by molar-refractivity contribution is 6.06. The molecule has 0 atom stereocenters. The summed E-state index contributed by atoms with van der Waals surface area (Å²) in [5.41, 5.74) is 1.89. The first-order valence-electron chi connectivity index (χ1n) is 11.8. The Morgan fingerprint density at radius 2 is 1.79 bits per heavy atom. The molecule has 0 saturated heterocycles. The van der Waals surface area contributed by atoms with Crippen molar-refractivity contribution in [3.8, 4) is 0 Å². The van der Waals surface area contributed by atoms with Crippen molar-refractivity contribution in [1.82, 2.24) is 14.5 Å². The van der Waals surface area contributed by atoms with Gasteiger partial charge in [0.25, 0.3) is 11.5 Å². The maximum absolute atomic E-state index is 12.8. The fourth-order valence-electron chi connectivity index (χ4n) is 4.17. The molecular formula is C26H30N4O4. The molecule has 0 radical (unpaired) electrons. The van der Waals surface area contributed by atoms with Crippen molar-refractivity contribution in [1.29, 1.82) is 0 Å². The number of anilines is 1. The maximum atomic E-state index is 12.8. The molecular weight excluding hydrogens is 432 g/mol. The van der Waals surface area contributed by atoms with E-state index < -0.39 is 0 Å². The molecule has 0 spiro atoms. The van der Waals surface area contributed by atoms with Crippen molar-refractivity contribution in [2.45, 2.75) is 39.7 Å². The third-order valence-electron chi connectivity index (χ3n) is 6.24. The molecule has 0 aliphatic carbocycles. The Hall–Kier alpha value is -3.52. The molecule has 8 nitrogen and oxygen atoms in total. The van der Waals surface area contributed by atoms with Crippen LogP contribution in [0, 0.1) is 0 Å². The molecule has 34 heavy (non-hydrogen) atoms. The van der Waals surface area contributed by atoms with Crippen molar-refractivity contribution in [3.63, 3.8) is 0 Å². The summed E-state index contributed by atoms with van der Waals surface area (Å²) in [6.07, 6.45) is 2.76. The van der Waals surface area contributed by atoms with Crippen molar-refractivity contribution in [3.05, 3.63) is 69.8 Å². The summed E-state index contributed by atoms with van der Waals surface area (Å²) >= 11 is 0. The number of likely N-dealkylation sites (N-methyl/N-ethyl adjacent to an activating group) is 1. The molecule has 2 heterocycles. The Labute approximate surface area is 198 Å². The lowest BCUT2D eigenvalue weighted by Crippen LogP contribution is -2.28. The van der Waals surface area contributed by atoms with Crippen LogP contribution < -0.4 is 10.9 Å². The predicted molar refractivity (Wildman–Crippen MR) is 131 cm³/mol. The van der Waals surface area contributed by atoms with E-state index in [0.29, 0.717) is 47.4 Å². The van der Waals surface area contributed by atoms with Crippen LogP contribution >= 0.6 is 0 Å². The zero-order valence-corrected chi connectivity index (χ0v) is 19.7. The Morgan fingerprint density at radius 3 is 2.53 bits per heavy atom. The lowest BCUT2D eigenvalue weighted by atomic mass is 10.1. The van der Waals surface area contributed by atoms with Gasteiger partial charge in [0.2, 0.25) is 0 Å². The molecule has 0 fully saturated rings. The van der Waals surface area contributed by atoms with E-state index in [2.05, 4.69) is 29.0 Å². The summed E-state index contributed by atoms with van der Waals surface area (Å²) in [6.45, 7) is 7.69. The topological polar surface area (TPSA) is 93.5 Å². The minimum Gasteiger partial charge on any atom is -0.461 e. The predicted octanol–water partition coefficient (Wildman–Crippen LogP) is 3.48. The Balaban J connectivity index is 1.41. The van der Waals surface area contributed by atoms with Gasteiger partial charge in [-0.3, -0.25) is 14.2 Å². The number of nitrogens with one attached hydrogen (secondary N) is 1. The van der Waals surface area contributed by atoms with Crippen LogP contribution in [0.4, 0.5) is 5.69 Å². The third-order valence-corrected chi connectivity index (χ3v) is 6.24. The number of aryl methyl sites for hydroxylation is 1. The highest BCUT2D eigenvalue weighted by atomic mass is 16.5. The molecule has 8 heteroatoms. The molecule has 178 valence electrons. The number of carbonyl (C=O) groups excluding carboxylic acids is 2. The van der Waals surface area contributed by atoms with Gasteiger partial charge in [-0.05, 0) is 68.4 Å². The van der Waals surface area contributed by atoms with Crippen LogP contribution in [-0.4, -0.2) is 52.6 Å². The lowest BCUT2D eigenvalue weighted by molar-refractivity contribution is 0.0466. The van der Waals surface area contributed by atoms with Gasteiger partial charge >= 0.3 is 5.97 Å². The highest BCUT2D eigenvalue weighted by Gasteiger charge is 2.16. The molecule has 4 rings (SSSR count). The minimum absolute atomic E-state index is 0.0498. The number of aromatic nitrogens is 2. The minimum atomic E-state index is -0.389. The van der Waals surface area contributed by atoms with E-state index in [4.69, 9.17) is 4.74 Å². The van der Waals surface area contributed by atoms with Gasteiger partial charge in [0.15, 0.2) is 0 Å². The van der Waals surface area contributed by atoms with Crippen LogP contribution in [0.1, 0.15) is 53.2 Å². The van der Waals surface area contributed by atoms with Crippen molar-refractivity contribution in [2.24, 2.45) is 0 Å². The van der Waals surface area contributed by atoms with Gasteiger partial charge in [-0.2, -0.15) is 0 Å².